The van der Waals surface area contributed by atoms with E-state index in [1.807, 2.05) is 13.8 Å². The average Bonchev–Trinajstić information content (AvgIpc) is 2.67. The minimum absolute atomic E-state index is 0.128. The first-order chi connectivity index (χ1) is 7.09. The summed E-state index contributed by atoms with van der Waals surface area (Å²) >= 11 is 0. The number of hydrogen-bond acceptors (Lipinski definition) is 2. The van der Waals surface area contributed by atoms with E-state index in [0.29, 0.717) is 24.5 Å². The molecule has 1 saturated carbocycles. The minimum atomic E-state index is 0.128. The first-order valence-electron chi connectivity index (χ1n) is 6.12. The molecule has 1 aliphatic carbocycles. The Morgan fingerprint density at radius 1 is 1.27 bits per heavy atom. The number of hydrogen-bond donors (Lipinski definition) is 2. The molecule has 1 fully saturated rings. The van der Waals surface area contributed by atoms with E-state index in [1.165, 1.54) is 25.7 Å². The van der Waals surface area contributed by atoms with Crippen LogP contribution in [0, 0.1) is 5.92 Å². The molecule has 3 nitrogen and oxygen atoms in total. The highest BCUT2D eigenvalue weighted by molar-refractivity contribution is 5.78. The summed E-state index contributed by atoms with van der Waals surface area (Å²) < 4.78 is 0. The van der Waals surface area contributed by atoms with Gasteiger partial charge in [0.2, 0.25) is 5.91 Å². The molecule has 1 unspecified atom stereocenters. The predicted molar refractivity (Wildman–Crippen MR) is 62.7 cm³/mol. The molecular formula is C12H24N2O. The van der Waals surface area contributed by atoms with E-state index in [1.54, 1.807) is 0 Å². The standard InChI is InChI=1S/C12H24N2O/c1-9(2)13-8-12(15)14-10(3)11-6-4-5-7-11/h9-11,13H,4-8H2,1-3H3,(H,14,15). The maximum absolute atomic E-state index is 11.5. The van der Waals surface area contributed by atoms with Gasteiger partial charge in [0.1, 0.15) is 0 Å². The molecule has 0 aromatic rings. The molecule has 0 aromatic carbocycles. The van der Waals surface area contributed by atoms with Crippen molar-refractivity contribution in [1.82, 2.24) is 10.6 Å². The third-order valence-electron chi connectivity index (χ3n) is 3.17. The fourth-order valence-electron chi connectivity index (χ4n) is 2.18. The van der Waals surface area contributed by atoms with Crippen molar-refractivity contribution in [2.75, 3.05) is 6.54 Å². The number of nitrogens with one attached hydrogen (secondary N) is 2. The normalized spacial score (nSPS) is 19.5. The Kier molecular flexibility index (Phi) is 5.09. The van der Waals surface area contributed by atoms with Gasteiger partial charge in [0.15, 0.2) is 0 Å². The van der Waals surface area contributed by atoms with Crippen LogP contribution < -0.4 is 10.6 Å². The molecule has 88 valence electrons. The molecule has 0 aliphatic heterocycles. The molecule has 0 radical (unpaired) electrons. The second-order valence-corrected chi connectivity index (χ2v) is 4.94. The lowest BCUT2D eigenvalue weighted by molar-refractivity contribution is -0.121. The van der Waals surface area contributed by atoms with Gasteiger partial charge in [-0.25, -0.2) is 0 Å². The van der Waals surface area contributed by atoms with Gasteiger partial charge in [-0.2, -0.15) is 0 Å². The molecular weight excluding hydrogens is 188 g/mol. The van der Waals surface area contributed by atoms with Gasteiger partial charge in [-0.3, -0.25) is 4.79 Å². The monoisotopic (exact) mass is 212 g/mol. The van der Waals surface area contributed by atoms with Crippen LogP contribution in [0.2, 0.25) is 0 Å². The zero-order chi connectivity index (χ0) is 11.3. The van der Waals surface area contributed by atoms with E-state index in [2.05, 4.69) is 17.6 Å². The molecule has 0 saturated heterocycles. The fourth-order valence-corrected chi connectivity index (χ4v) is 2.18. The first-order valence-corrected chi connectivity index (χ1v) is 6.12. The van der Waals surface area contributed by atoms with Gasteiger partial charge in [-0.1, -0.05) is 26.7 Å². The maximum Gasteiger partial charge on any atom is 0.234 e. The zero-order valence-corrected chi connectivity index (χ0v) is 10.2. The third kappa shape index (κ3) is 4.65. The van der Waals surface area contributed by atoms with E-state index >= 15 is 0 Å². The van der Waals surface area contributed by atoms with Crippen molar-refractivity contribution in [3.05, 3.63) is 0 Å². The molecule has 1 rings (SSSR count). The summed E-state index contributed by atoms with van der Waals surface area (Å²) in [4.78, 5) is 11.5. The molecule has 1 amide bonds. The van der Waals surface area contributed by atoms with Crippen LogP contribution in [0.15, 0.2) is 0 Å². The number of carbonyl (C=O) groups excluding carboxylic acids is 1. The number of carbonyl (C=O) groups is 1. The van der Waals surface area contributed by atoms with Gasteiger partial charge < -0.3 is 10.6 Å². The molecule has 1 atom stereocenters. The topological polar surface area (TPSA) is 41.1 Å². The van der Waals surface area contributed by atoms with Crippen LogP contribution in [-0.4, -0.2) is 24.5 Å². The highest BCUT2D eigenvalue weighted by atomic mass is 16.1. The summed E-state index contributed by atoms with van der Waals surface area (Å²) in [5.41, 5.74) is 0. The van der Waals surface area contributed by atoms with Crippen LogP contribution in [0.1, 0.15) is 46.5 Å². The summed E-state index contributed by atoms with van der Waals surface area (Å²) in [6.45, 7) is 6.67. The Hall–Kier alpha value is -0.570. The number of rotatable bonds is 5. The summed E-state index contributed by atoms with van der Waals surface area (Å²) in [5, 5.41) is 6.20. The van der Waals surface area contributed by atoms with Crippen molar-refractivity contribution in [3.63, 3.8) is 0 Å². The first kappa shape index (κ1) is 12.5. The van der Waals surface area contributed by atoms with Crippen LogP contribution in [-0.2, 0) is 4.79 Å². The Morgan fingerprint density at radius 2 is 1.87 bits per heavy atom. The minimum Gasteiger partial charge on any atom is -0.352 e. The number of amides is 1. The SMILES string of the molecule is CC(C)NCC(=O)NC(C)C1CCCC1. The molecule has 1 aliphatic rings. The lowest BCUT2D eigenvalue weighted by atomic mass is 10.00. The van der Waals surface area contributed by atoms with Crippen molar-refractivity contribution in [1.29, 1.82) is 0 Å². The highest BCUT2D eigenvalue weighted by Gasteiger charge is 2.22. The third-order valence-corrected chi connectivity index (χ3v) is 3.17. The maximum atomic E-state index is 11.5. The van der Waals surface area contributed by atoms with Crippen molar-refractivity contribution in [3.8, 4) is 0 Å². The van der Waals surface area contributed by atoms with Gasteiger partial charge in [-0.15, -0.1) is 0 Å². The Bertz CT molecular complexity index is 198. The Balaban J connectivity index is 2.18. The van der Waals surface area contributed by atoms with Gasteiger partial charge in [-0.05, 0) is 25.7 Å². The summed E-state index contributed by atoms with van der Waals surface area (Å²) in [5.74, 6) is 0.830. The van der Waals surface area contributed by atoms with Gasteiger partial charge in [0, 0.05) is 12.1 Å². The van der Waals surface area contributed by atoms with Crippen LogP contribution >= 0.6 is 0 Å². The summed E-state index contributed by atoms with van der Waals surface area (Å²) in [6, 6.07) is 0.714. The van der Waals surface area contributed by atoms with E-state index in [0.717, 1.165) is 0 Å². The molecule has 2 N–H and O–H groups in total. The molecule has 15 heavy (non-hydrogen) atoms. The predicted octanol–water partition coefficient (Wildman–Crippen LogP) is 1.68. The van der Waals surface area contributed by atoms with E-state index in [9.17, 15) is 4.79 Å². The van der Waals surface area contributed by atoms with Crippen molar-refractivity contribution < 1.29 is 4.79 Å². The molecule has 0 bridgehead atoms. The van der Waals surface area contributed by atoms with Crippen LogP contribution in [0.4, 0.5) is 0 Å². The fraction of sp³-hybridized carbons (Fsp3) is 0.917. The van der Waals surface area contributed by atoms with Gasteiger partial charge >= 0.3 is 0 Å². The van der Waals surface area contributed by atoms with Crippen LogP contribution in [0.5, 0.6) is 0 Å². The van der Waals surface area contributed by atoms with Crippen LogP contribution in [0.25, 0.3) is 0 Å². The smallest absolute Gasteiger partial charge is 0.234 e. The van der Waals surface area contributed by atoms with Crippen LogP contribution in [0.3, 0.4) is 0 Å². The van der Waals surface area contributed by atoms with Crippen molar-refractivity contribution >= 4 is 5.91 Å². The quantitative estimate of drug-likeness (QED) is 0.728. The second kappa shape index (κ2) is 6.11. The highest BCUT2D eigenvalue weighted by Crippen LogP contribution is 2.27. The largest absolute Gasteiger partial charge is 0.352 e. The second-order valence-electron chi connectivity index (χ2n) is 4.94. The van der Waals surface area contributed by atoms with Crippen molar-refractivity contribution in [2.24, 2.45) is 5.92 Å². The van der Waals surface area contributed by atoms with E-state index < -0.39 is 0 Å². The zero-order valence-electron chi connectivity index (χ0n) is 10.2. The van der Waals surface area contributed by atoms with E-state index in [-0.39, 0.29) is 5.91 Å². The van der Waals surface area contributed by atoms with Crippen molar-refractivity contribution in [2.45, 2.75) is 58.5 Å². The van der Waals surface area contributed by atoms with Gasteiger partial charge in [0.05, 0.1) is 6.54 Å². The molecule has 0 heterocycles. The lowest BCUT2D eigenvalue weighted by Crippen LogP contribution is -2.43. The average molecular weight is 212 g/mol. The summed E-state index contributed by atoms with van der Waals surface area (Å²) in [6.07, 6.45) is 5.21. The lowest BCUT2D eigenvalue weighted by Gasteiger charge is -2.20. The summed E-state index contributed by atoms with van der Waals surface area (Å²) in [7, 11) is 0. The van der Waals surface area contributed by atoms with E-state index in [4.69, 9.17) is 0 Å². The Morgan fingerprint density at radius 3 is 2.40 bits per heavy atom. The molecule has 0 aromatic heterocycles. The molecule has 0 spiro atoms. The molecule has 3 heteroatoms. The Labute approximate surface area is 93.0 Å². The van der Waals surface area contributed by atoms with Gasteiger partial charge in [0.25, 0.3) is 0 Å².